The predicted octanol–water partition coefficient (Wildman–Crippen LogP) is 5.31. The second-order valence-electron chi connectivity index (χ2n) is 4.36. The van der Waals surface area contributed by atoms with Crippen LogP contribution in [0.2, 0.25) is 10.0 Å². The van der Waals surface area contributed by atoms with Crippen molar-refractivity contribution in [2.75, 3.05) is 0 Å². The van der Waals surface area contributed by atoms with Crippen molar-refractivity contribution in [1.82, 2.24) is 0 Å². The molecule has 0 aliphatic carbocycles. The normalized spacial score (nSPS) is 12.4. The molecule has 0 saturated heterocycles. The predicted molar refractivity (Wildman–Crippen MR) is 85.1 cm³/mol. The molecule has 0 aromatic heterocycles. The van der Waals surface area contributed by atoms with Crippen LogP contribution in [0.3, 0.4) is 0 Å². The molecule has 2 aromatic carbocycles. The molecule has 1 unspecified atom stereocenters. The molecule has 19 heavy (non-hydrogen) atoms. The largest absolute Gasteiger partial charge is 0.324 e. The van der Waals surface area contributed by atoms with E-state index in [1.54, 1.807) is 17.8 Å². The lowest BCUT2D eigenvalue weighted by atomic mass is 10.1. The van der Waals surface area contributed by atoms with Gasteiger partial charge in [-0.05, 0) is 36.2 Å². The third-order valence-electron chi connectivity index (χ3n) is 2.81. The van der Waals surface area contributed by atoms with Gasteiger partial charge in [0.25, 0.3) is 0 Å². The van der Waals surface area contributed by atoms with E-state index in [1.807, 2.05) is 31.2 Å². The SMILES string of the molecule is CC(N)c1cccc(SCc2cccc(Cl)c2Cl)c1. The van der Waals surface area contributed by atoms with Crippen LogP contribution in [0.5, 0.6) is 0 Å². The minimum Gasteiger partial charge on any atom is -0.324 e. The maximum absolute atomic E-state index is 6.18. The molecule has 2 rings (SSSR count). The topological polar surface area (TPSA) is 26.0 Å². The van der Waals surface area contributed by atoms with Gasteiger partial charge in [-0.25, -0.2) is 0 Å². The zero-order chi connectivity index (χ0) is 13.8. The number of rotatable bonds is 4. The quantitative estimate of drug-likeness (QED) is 0.775. The molecule has 0 radical (unpaired) electrons. The van der Waals surface area contributed by atoms with Crippen molar-refractivity contribution >= 4 is 35.0 Å². The Balaban J connectivity index is 2.10. The molecule has 0 aliphatic heterocycles. The van der Waals surface area contributed by atoms with Gasteiger partial charge in [-0.15, -0.1) is 11.8 Å². The van der Waals surface area contributed by atoms with Gasteiger partial charge < -0.3 is 5.73 Å². The van der Waals surface area contributed by atoms with E-state index in [4.69, 9.17) is 28.9 Å². The van der Waals surface area contributed by atoms with Gasteiger partial charge in [-0.3, -0.25) is 0 Å². The minimum atomic E-state index is 0.0512. The summed E-state index contributed by atoms with van der Waals surface area (Å²) in [6.45, 7) is 1.98. The monoisotopic (exact) mass is 311 g/mol. The highest BCUT2D eigenvalue weighted by Crippen LogP contribution is 2.31. The van der Waals surface area contributed by atoms with Crippen LogP contribution in [0.15, 0.2) is 47.4 Å². The van der Waals surface area contributed by atoms with Gasteiger partial charge in [-0.1, -0.05) is 47.5 Å². The summed E-state index contributed by atoms with van der Waals surface area (Å²) in [5, 5.41) is 1.24. The molecule has 2 aromatic rings. The lowest BCUT2D eigenvalue weighted by Crippen LogP contribution is -2.04. The molecular weight excluding hydrogens is 297 g/mol. The summed E-state index contributed by atoms with van der Waals surface area (Å²) >= 11 is 13.9. The van der Waals surface area contributed by atoms with E-state index in [-0.39, 0.29) is 6.04 Å². The lowest BCUT2D eigenvalue weighted by Gasteiger charge is -2.09. The van der Waals surface area contributed by atoms with Crippen molar-refractivity contribution in [3.05, 3.63) is 63.6 Å². The van der Waals surface area contributed by atoms with Crippen LogP contribution in [0, 0.1) is 0 Å². The van der Waals surface area contributed by atoms with Crippen molar-refractivity contribution in [2.24, 2.45) is 5.73 Å². The Hall–Kier alpha value is -0.670. The highest BCUT2D eigenvalue weighted by Gasteiger charge is 2.06. The van der Waals surface area contributed by atoms with Gasteiger partial charge >= 0.3 is 0 Å². The van der Waals surface area contributed by atoms with Crippen LogP contribution in [-0.4, -0.2) is 0 Å². The number of hydrogen-bond donors (Lipinski definition) is 1. The number of hydrogen-bond acceptors (Lipinski definition) is 2. The number of thioether (sulfide) groups is 1. The Morgan fingerprint density at radius 1 is 1.16 bits per heavy atom. The van der Waals surface area contributed by atoms with E-state index in [1.165, 1.54) is 4.90 Å². The molecule has 0 spiro atoms. The summed E-state index contributed by atoms with van der Waals surface area (Å²) in [4.78, 5) is 1.19. The van der Waals surface area contributed by atoms with E-state index < -0.39 is 0 Å². The second-order valence-corrected chi connectivity index (χ2v) is 6.20. The molecule has 100 valence electrons. The summed E-state index contributed by atoms with van der Waals surface area (Å²) in [5.41, 5.74) is 8.07. The van der Waals surface area contributed by atoms with Gasteiger partial charge in [0.2, 0.25) is 0 Å². The molecule has 1 nitrogen and oxygen atoms in total. The second kappa shape index (κ2) is 6.67. The molecular formula is C15H15Cl2NS. The number of nitrogens with two attached hydrogens (primary N) is 1. The fraction of sp³-hybridized carbons (Fsp3) is 0.200. The van der Waals surface area contributed by atoms with Crippen molar-refractivity contribution in [2.45, 2.75) is 23.6 Å². The van der Waals surface area contributed by atoms with Crippen LogP contribution in [0.1, 0.15) is 24.1 Å². The Labute approximate surface area is 128 Å². The first-order chi connectivity index (χ1) is 9.08. The Morgan fingerprint density at radius 3 is 2.63 bits per heavy atom. The van der Waals surface area contributed by atoms with Gasteiger partial charge in [0.1, 0.15) is 0 Å². The van der Waals surface area contributed by atoms with Crippen molar-refractivity contribution in [3.8, 4) is 0 Å². The van der Waals surface area contributed by atoms with E-state index in [2.05, 4.69) is 12.1 Å². The third kappa shape index (κ3) is 3.90. The zero-order valence-corrected chi connectivity index (χ0v) is 12.9. The van der Waals surface area contributed by atoms with Crippen molar-refractivity contribution in [1.29, 1.82) is 0 Å². The zero-order valence-electron chi connectivity index (χ0n) is 10.6. The summed E-state index contributed by atoms with van der Waals surface area (Å²) in [7, 11) is 0. The standard InChI is InChI=1S/C15H15Cl2NS/c1-10(18)11-4-2-6-13(8-11)19-9-12-5-3-7-14(16)15(12)17/h2-8,10H,9,18H2,1H3. The summed E-state index contributed by atoms with van der Waals surface area (Å²) < 4.78 is 0. The van der Waals surface area contributed by atoms with Crippen molar-refractivity contribution < 1.29 is 0 Å². The lowest BCUT2D eigenvalue weighted by molar-refractivity contribution is 0.815. The van der Waals surface area contributed by atoms with E-state index in [0.29, 0.717) is 10.0 Å². The van der Waals surface area contributed by atoms with Crippen LogP contribution in [-0.2, 0) is 5.75 Å². The Bertz CT molecular complexity index is 570. The van der Waals surface area contributed by atoms with Crippen LogP contribution in [0.25, 0.3) is 0 Å². The summed E-state index contributed by atoms with van der Waals surface area (Å²) in [6, 6.07) is 14.0. The first kappa shape index (κ1) is 14.7. The van der Waals surface area contributed by atoms with Gasteiger partial charge in [0.15, 0.2) is 0 Å². The highest BCUT2D eigenvalue weighted by atomic mass is 35.5. The number of benzene rings is 2. The van der Waals surface area contributed by atoms with E-state index >= 15 is 0 Å². The first-order valence-electron chi connectivity index (χ1n) is 5.99. The third-order valence-corrected chi connectivity index (χ3v) is 4.71. The smallest absolute Gasteiger partial charge is 0.0632 e. The van der Waals surface area contributed by atoms with Gasteiger partial charge in [0.05, 0.1) is 10.0 Å². The maximum atomic E-state index is 6.18. The molecule has 4 heteroatoms. The molecule has 0 fully saturated rings. The number of halogens is 2. The van der Waals surface area contributed by atoms with Crippen molar-refractivity contribution in [3.63, 3.8) is 0 Å². The molecule has 0 bridgehead atoms. The molecule has 2 N–H and O–H groups in total. The average Bonchev–Trinajstić information content (AvgIpc) is 2.41. The molecule has 0 heterocycles. The minimum absolute atomic E-state index is 0.0512. The molecule has 0 saturated carbocycles. The molecule has 0 aliphatic rings. The maximum Gasteiger partial charge on any atom is 0.0632 e. The van der Waals surface area contributed by atoms with Gasteiger partial charge in [0, 0.05) is 16.7 Å². The van der Waals surface area contributed by atoms with E-state index in [9.17, 15) is 0 Å². The Morgan fingerprint density at radius 2 is 1.89 bits per heavy atom. The van der Waals surface area contributed by atoms with Gasteiger partial charge in [-0.2, -0.15) is 0 Å². The van der Waals surface area contributed by atoms with Crippen LogP contribution < -0.4 is 5.73 Å². The van der Waals surface area contributed by atoms with E-state index in [0.717, 1.165) is 16.9 Å². The first-order valence-corrected chi connectivity index (χ1v) is 7.73. The molecule has 1 atom stereocenters. The highest BCUT2D eigenvalue weighted by molar-refractivity contribution is 7.98. The van der Waals surface area contributed by atoms with Crippen LogP contribution in [0.4, 0.5) is 0 Å². The summed E-state index contributed by atoms with van der Waals surface area (Å²) in [5.74, 6) is 0.793. The van der Waals surface area contributed by atoms with Crippen LogP contribution >= 0.6 is 35.0 Å². The average molecular weight is 312 g/mol. The summed E-state index contributed by atoms with van der Waals surface area (Å²) in [6.07, 6.45) is 0. The fourth-order valence-corrected chi connectivity index (χ4v) is 3.13. The Kier molecular flexibility index (Phi) is 5.17. The molecule has 0 amide bonds. The fourth-order valence-electron chi connectivity index (χ4n) is 1.71.